The number of thioether (sulfide) groups is 1. The van der Waals surface area contributed by atoms with Gasteiger partial charge in [-0.1, -0.05) is 30.0 Å². The van der Waals surface area contributed by atoms with Gasteiger partial charge in [-0.2, -0.15) is 0 Å². The minimum absolute atomic E-state index is 0.185. The second kappa shape index (κ2) is 8.88. The molecule has 0 saturated heterocycles. The molecule has 3 rings (SSSR count). The largest absolute Gasteiger partial charge is 0.377 e. The highest BCUT2D eigenvalue weighted by molar-refractivity contribution is 7.99. The van der Waals surface area contributed by atoms with Crippen molar-refractivity contribution >= 4 is 29.0 Å². The maximum atomic E-state index is 12.9. The first-order valence-corrected chi connectivity index (χ1v) is 9.79. The molecule has 146 valence electrons. The van der Waals surface area contributed by atoms with Gasteiger partial charge in [0.2, 0.25) is 5.91 Å². The maximum absolute atomic E-state index is 12.9. The van der Waals surface area contributed by atoms with Gasteiger partial charge in [0.1, 0.15) is 5.82 Å². The number of amides is 1. The van der Waals surface area contributed by atoms with E-state index in [-0.39, 0.29) is 17.5 Å². The summed E-state index contributed by atoms with van der Waals surface area (Å²) in [5.41, 5.74) is 4.00. The Kier molecular flexibility index (Phi) is 6.30. The van der Waals surface area contributed by atoms with Crippen LogP contribution < -0.4 is 10.6 Å². The van der Waals surface area contributed by atoms with Crippen LogP contribution in [0.1, 0.15) is 17.0 Å². The molecule has 8 heteroatoms. The van der Waals surface area contributed by atoms with Crippen molar-refractivity contribution in [2.45, 2.75) is 25.5 Å². The zero-order valence-corrected chi connectivity index (χ0v) is 16.8. The van der Waals surface area contributed by atoms with E-state index in [1.54, 1.807) is 0 Å². The first-order chi connectivity index (χ1) is 13.4. The van der Waals surface area contributed by atoms with Gasteiger partial charge >= 0.3 is 0 Å². The van der Waals surface area contributed by atoms with Crippen LogP contribution in [-0.2, 0) is 18.4 Å². The van der Waals surface area contributed by atoms with Crippen LogP contribution in [0.2, 0.25) is 0 Å². The van der Waals surface area contributed by atoms with E-state index in [4.69, 9.17) is 0 Å². The number of hydrogen-bond donors (Lipinski definition) is 2. The summed E-state index contributed by atoms with van der Waals surface area (Å²) >= 11 is 1.30. The van der Waals surface area contributed by atoms with Crippen LogP contribution in [0.4, 0.5) is 15.8 Å². The van der Waals surface area contributed by atoms with Crippen molar-refractivity contribution in [2.75, 3.05) is 16.4 Å². The smallest absolute Gasteiger partial charge is 0.234 e. The van der Waals surface area contributed by atoms with Crippen molar-refractivity contribution in [1.29, 1.82) is 0 Å². The quantitative estimate of drug-likeness (QED) is 0.590. The average Bonchev–Trinajstić information content (AvgIpc) is 3.01. The van der Waals surface area contributed by atoms with Gasteiger partial charge in [0.05, 0.1) is 12.3 Å². The number of para-hydroxylation sites is 1. The van der Waals surface area contributed by atoms with Crippen molar-refractivity contribution in [3.63, 3.8) is 0 Å². The Hall–Kier alpha value is -2.87. The third kappa shape index (κ3) is 4.89. The van der Waals surface area contributed by atoms with E-state index in [0.717, 1.165) is 11.5 Å². The van der Waals surface area contributed by atoms with E-state index in [1.165, 1.54) is 47.2 Å². The van der Waals surface area contributed by atoms with E-state index in [0.29, 0.717) is 17.4 Å². The van der Waals surface area contributed by atoms with Crippen LogP contribution in [-0.4, -0.2) is 26.4 Å². The maximum Gasteiger partial charge on any atom is 0.234 e. The van der Waals surface area contributed by atoms with Gasteiger partial charge in [0.25, 0.3) is 0 Å². The first-order valence-electron chi connectivity index (χ1n) is 8.80. The number of hydrogen-bond acceptors (Lipinski definition) is 5. The molecule has 0 unspecified atom stereocenters. The number of anilines is 2. The monoisotopic (exact) mass is 399 g/mol. The lowest BCUT2D eigenvalue weighted by atomic mass is 10.1. The predicted octanol–water partition coefficient (Wildman–Crippen LogP) is 3.91. The standard InChI is InChI=1S/C20H22FN5OS/c1-13-5-4-6-14(2)19(13)22-11-17-24-25-20(26(17)3)28-12-18(27)23-16-9-7-15(21)8-10-16/h4-10,22H,11-12H2,1-3H3,(H,23,27). The molecule has 0 saturated carbocycles. The van der Waals surface area contributed by atoms with Crippen LogP contribution in [0.3, 0.4) is 0 Å². The van der Waals surface area contributed by atoms with Crippen molar-refractivity contribution in [2.24, 2.45) is 7.05 Å². The highest BCUT2D eigenvalue weighted by Crippen LogP contribution is 2.21. The number of aromatic nitrogens is 3. The summed E-state index contributed by atoms with van der Waals surface area (Å²) in [6.07, 6.45) is 0. The van der Waals surface area contributed by atoms with E-state index < -0.39 is 0 Å². The highest BCUT2D eigenvalue weighted by atomic mass is 32.2. The molecule has 0 aliphatic heterocycles. The summed E-state index contributed by atoms with van der Waals surface area (Å²) < 4.78 is 14.8. The van der Waals surface area contributed by atoms with Gasteiger partial charge in [0, 0.05) is 18.4 Å². The molecule has 2 N–H and O–H groups in total. The summed E-state index contributed by atoms with van der Waals surface area (Å²) in [7, 11) is 1.88. The fraction of sp³-hybridized carbons (Fsp3) is 0.250. The number of carbonyl (C=O) groups is 1. The van der Waals surface area contributed by atoms with Crippen molar-refractivity contribution in [1.82, 2.24) is 14.8 Å². The van der Waals surface area contributed by atoms with Crippen molar-refractivity contribution in [3.8, 4) is 0 Å². The minimum Gasteiger partial charge on any atom is -0.377 e. The lowest BCUT2D eigenvalue weighted by Crippen LogP contribution is -2.14. The molecular formula is C20H22FN5OS. The average molecular weight is 399 g/mol. The van der Waals surface area contributed by atoms with Crippen LogP contribution in [0, 0.1) is 19.7 Å². The molecule has 0 fully saturated rings. The predicted molar refractivity (Wildman–Crippen MR) is 110 cm³/mol. The summed E-state index contributed by atoms with van der Waals surface area (Å²) in [4.78, 5) is 12.1. The Bertz CT molecular complexity index is 951. The third-order valence-electron chi connectivity index (χ3n) is 4.29. The van der Waals surface area contributed by atoms with Crippen molar-refractivity contribution in [3.05, 3.63) is 65.2 Å². The topological polar surface area (TPSA) is 71.8 Å². The van der Waals surface area contributed by atoms with Gasteiger partial charge in [-0.25, -0.2) is 4.39 Å². The molecule has 0 bridgehead atoms. The molecule has 0 radical (unpaired) electrons. The Morgan fingerprint density at radius 3 is 2.46 bits per heavy atom. The number of aryl methyl sites for hydroxylation is 2. The number of rotatable bonds is 7. The molecule has 1 amide bonds. The molecule has 0 atom stereocenters. The lowest BCUT2D eigenvalue weighted by Gasteiger charge is -2.12. The summed E-state index contributed by atoms with van der Waals surface area (Å²) in [5, 5.41) is 15.2. The Balaban J connectivity index is 1.55. The molecule has 6 nitrogen and oxygen atoms in total. The number of carbonyl (C=O) groups excluding carboxylic acids is 1. The van der Waals surface area contributed by atoms with Crippen LogP contribution in [0.25, 0.3) is 0 Å². The Morgan fingerprint density at radius 2 is 1.79 bits per heavy atom. The molecule has 1 heterocycles. The molecule has 0 aliphatic rings. The van der Waals surface area contributed by atoms with E-state index in [1.807, 2.05) is 17.7 Å². The molecular weight excluding hydrogens is 377 g/mol. The molecule has 1 aromatic heterocycles. The van der Waals surface area contributed by atoms with Gasteiger partial charge in [0.15, 0.2) is 11.0 Å². The van der Waals surface area contributed by atoms with Crippen LogP contribution >= 0.6 is 11.8 Å². The number of nitrogens with zero attached hydrogens (tertiary/aromatic N) is 3. The van der Waals surface area contributed by atoms with Crippen molar-refractivity contribution < 1.29 is 9.18 Å². The SMILES string of the molecule is Cc1cccc(C)c1NCc1nnc(SCC(=O)Nc2ccc(F)cc2)n1C. The second-order valence-corrected chi connectivity index (χ2v) is 7.36. The minimum atomic E-state index is -0.339. The van der Waals surface area contributed by atoms with E-state index in [9.17, 15) is 9.18 Å². The highest BCUT2D eigenvalue weighted by Gasteiger charge is 2.12. The zero-order valence-electron chi connectivity index (χ0n) is 16.0. The Labute approximate surface area is 167 Å². The van der Waals surface area contributed by atoms with E-state index >= 15 is 0 Å². The molecule has 28 heavy (non-hydrogen) atoms. The second-order valence-electron chi connectivity index (χ2n) is 6.42. The molecule has 0 spiro atoms. The van der Waals surface area contributed by atoms with Crippen LogP contribution in [0.5, 0.6) is 0 Å². The van der Waals surface area contributed by atoms with Gasteiger partial charge in [-0.3, -0.25) is 4.79 Å². The number of nitrogens with one attached hydrogen (secondary N) is 2. The third-order valence-corrected chi connectivity index (χ3v) is 5.31. The first kappa shape index (κ1) is 19.9. The summed E-state index contributed by atoms with van der Waals surface area (Å²) in [5.74, 6) is 0.445. The Morgan fingerprint density at radius 1 is 1.11 bits per heavy atom. The molecule has 0 aliphatic carbocycles. The lowest BCUT2D eigenvalue weighted by molar-refractivity contribution is -0.113. The van der Waals surface area contributed by atoms with Crippen LogP contribution in [0.15, 0.2) is 47.6 Å². The number of halogens is 1. The summed E-state index contributed by atoms with van der Waals surface area (Å²) in [6, 6.07) is 11.8. The zero-order chi connectivity index (χ0) is 20.1. The van der Waals surface area contributed by atoms with Gasteiger partial charge < -0.3 is 15.2 Å². The normalized spacial score (nSPS) is 10.7. The van der Waals surface area contributed by atoms with E-state index in [2.05, 4.69) is 46.8 Å². The molecule has 2 aromatic carbocycles. The molecule has 3 aromatic rings. The fourth-order valence-electron chi connectivity index (χ4n) is 2.75. The number of benzene rings is 2. The fourth-order valence-corrected chi connectivity index (χ4v) is 3.48. The summed E-state index contributed by atoms with van der Waals surface area (Å²) in [6.45, 7) is 4.66. The van der Waals surface area contributed by atoms with Gasteiger partial charge in [-0.05, 0) is 49.2 Å². The van der Waals surface area contributed by atoms with Gasteiger partial charge in [-0.15, -0.1) is 10.2 Å².